The predicted octanol–water partition coefficient (Wildman–Crippen LogP) is 16.7. The molecule has 11 aromatic carbocycles. The Hall–Kier alpha value is -9.19. The Labute approximate surface area is 390 Å². The Morgan fingerprint density at radius 1 is 0.294 bits per heavy atom. The minimum Gasteiger partial charge on any atom is -0.456 e. The van der Waals surface area contributed by atoms with Crippen LogP contribution in [0.5, 0.6) is 0 Å². The van der Waals surface area contributed by atoms with Gasteiger partial charge in [-0.3, -0.25) is 0 Å². The van der Waals surface area contributed by atoms with Crippen molar-refractivity contribution >= 4 is 76.1 Å². The summed E-state index contributed by atoms with van der Waals surface area (Å²) in [5.74, 6) is 1.76. The van der Waals surface area contributed by atoms with Crippen LogP contribution in [0.1, 0.15) is 0 Å². The highest BCUT2D eigenvalue weighted by Gasteiger charge is 2.22. The summed E-state index contributed by atoms with van der Waals surface area (Å²) in [4.78, 5) is 15.8. The summed E-state index contributed by atoms with van der Waals surface area (Å²) in [6.07, 6.45) is 0. The van der Waals surface area contributed by atoms with Crippen molar-refractivity contribution in [3.05, 3.63) is 231 Å². The number of fused-ring (bicyclic) bond motifs is 10. The van der Waals surface area contributed by atoms with Gasteiger partial charge in [-0.25, -0.2) is 15.0 Å². The minimum atomic E-state index is 0.571. The molecule has 0 N–H and O–H groups in total. The molecule has 3 heterocycles. The molecule has 14 aromatic rings. The maximum atomic E-state index is 6.38. The van der Waals surface area contributed by atoms with Crippen molar-refractivity contribution < 1.29 is 4.42 Å². The molecule has 5 heteroatoms. The molecule has 316 valence electrons. The number of para-hydroxylation sites is 1. The summed E-state index contributed by atoms with van der Waals surface area (Å²) in [6.45, 7) is 0. The Morgan fingerprint density at radius 2 is 0.897 bits per heavy atom. The summed E-state index contributed by atoms with van der Waals surface area (Å²) in [5, 5.41) is 11.6. The first kappa shape index (κ1) is 38.1. The van der Waals surface area contributed by atoms with E-state index in [4.69, 9.17) is 19.4 Å². The van der Waals surface area contributed by atoms with Gasteiger partial charge in [0.1, 0.15) is 11.2 Å². The summed E-state index contributed by atoms with van der Waals surface area (Å²) >= 11 is 0. The van der Waals surface area contributed by atoms with E-state index in [0.29, 0.717) is 17.5 Å². The van der Waals surface area contributed by atoms with Crippen molar-refractivity contribution in [2.45, 2.75) is 0 Å². The van der Waals surface area contributed by atoms with E-state index in [1.165, 1.54) is 37.9 Å². The summed E-state index contributed by atoms with van der Waals surface area (Å²) in [7, 11) is 0. The van der Waals surface area contributed by atoms with E-state index in [1.807, 2.05) is 36.4 Å². The topological polar surface area (TPSA) is 56.7 Å². The van der Waals surface area contributed by atoms with E-state index < -0.39 is 0 Å². The molecule has 0 aliphatic heterocycles. The molecule has 3 aromatic heterocycles. The first-order valence-electron chi connectivity index (χ1n) is 23.0. The molecule has 0 radical (unpaired) electrons. The highest BCUT2D eigenvalue weighted by atomic mass is 16.3. The van der Waals surface area contributed by atoms with E-state index in [-0.39, 0.29) is 0 Å². The van der Waals surface area contributed by atoms with Gasteiger partial charge in [0.05, 0.1) is 16.7 Å². The van der Waals surface area contributed by atoms with Crippen LogP contribution in [0.3, 0.4) is 0 Å². The van der Waals surface area contributed by atoms with Gasteiger partial charge in [-0.15, -0.1) is 0 Å². The van der Waals surface area contributed by atoms with Crippen LogP contribution in [-0.4, -0.2) is 19.5 Å². The second kappa shape index (κ2) is 15.2. The van der Waals surface area contributed by atoms with E-state index in [9.17, 15) is 0 Å². The molecule has 0 fully saturated rings. The molecular formula is C63H38N4O. The van der Waals surface area contributed by atoms with Gasteiger partial charge in [-0.2, -0.15) is 0 Å². The van der Waals surface area contributed by atoms with Gasteiger partial charge in [0.2, 0.25) is 0 Å². The van der Waals surface area contributed by atoms with E-state index >= 15 is 0 Å². The molecule has 0 saturated heterocycles. The maximum absolute atomic E-state index is 6.38. The van der Waals surface area contributed by atoms with Crippen LogP contribution in [-0.2, 0) is 0 Å². The number of nitrogens with zero attached hydrogens (tertiary/aromatic N) is 4. The van der Waals surface area contributed by atoms with Crippen LogP contribution in [0.25, 0.3) is 138 Å². The normalized spacial score (nSPS) is 11.8. The summed E-state index contributed by atoms with van der Waals surface area (Å²) in [5.41, 5.74) is 12.2. The van der Waals surface area contributed by atoms with Crippen molar-refractivity contribution in [2.75, 3.05) is 0 Å². The van der Waals surface area contributed by atoms with E-state index in [1.54, 1.807) is 0 Å². The minimum absolute atomic E-state index is 0.571. The number of hydrogen-bond donors (Lipinski definition) is 0. The predicted molar refractivity (Wildman–Crippen MR) is 281 cm³/mol. The molecule has 5 nitrogen and oxygen atoms in total. The molecule has 0 amide bonds. The van der Waals surface area contributed by atoms with Crippen molar-refractivity contribution in [1.82, 2.24) is 19.5 Å². The monoisotopic (exact) mass is 866 g/mol. The average Bonchev–Trinajstić information content (AvgIpc) is 3.95. The van der Waals surface area contributed by atoms with Gasteiger partial charge >= 0.3 is 0 Å². The fourth-order valence-electron chi connectivity index (χ4n) is 10.3. The number of furan rings is 1. The molecule has 0 atom stereocenters. The Bertz CT molecular complexity index is 4320. The highest BCUT2D eigenvalue weighted by Crippen LogP contribution is 2.43. The molecule has 0 saturated carbocycles. The zero-order chi connectivity index (χ0) is 44.7. The van der Waals surface area contributed by atoms with Gasteiger partial charge in [0, 0.05) is 43.6 Å². The van der Waals surface area contributed by atoms with Gasteiger partial charge in [0.15, 0.2) is 17.5 Å². The zero-order valence-corrected chi connectivity index (χ0v) is 36.6. The SMILES string of the molecule is c1ccc(-c2cccc(-c3ccc4c(-n5c6cc7ccccc7cc6c6c7ccccc7ccc65)ccc(-c5nc(-c6ccccc6)nc(-c6ccc7c(c6)oc6ccccc67)n5)c4c3)c2)cc1. The van der Waals surface area contributed by atoms with Crippen LogP contribution in [0.2, 0.25) is 0 Å². The second-order valence-corrected chi connectivity index (χ2v) is 17.6. The van der Waals surface area contributed by atoms with Gasteiger partial charge in [-0.1, -0.05) is 170 Å². The standard InChI is InChI=1S/C63H38N4O/c1-3-14-39(15-4-1)42-21-13-22-43(34-42)46-26-29-49-53(35-46)52(31-33-55(49)67-56-32-28-40-16-9-10-23-48(40)60(56)54-36-44-19-7-8-20-45(44)37-57(54)67)63-65-61(41-17-5-2-6-18-41)64-62(66-63)47-27-30-51-50-24-11-12-25-58(50)68-59(51)38-47/h1-38H. The molecule has 0 bridgehead atoms. The molecular weight excluding hydrogens is 829 g/mol. The van der Waals surface area contributed by atoms with Crippen LogP contribution in [0.4, 0.5) is 0 Å². The lowest BCUT2D eigenvalue weighted by Crippen LogP contribution is -2.02. The van der Waals surface area contributed by atoms with E-state index in [2.05, 4.69) is 199 Å². The molecule has 68 heavy (non-hydrogen) atoms. The third-order valence-electron chi connectivity index (χ3n) is 13.6. The van der Waals surface area contributed by atoms with Gasteiger partial charge in [0.25, 0.3) is 0 Å². The molecule has 0 aliphatic rings. The van der Waals surface area contributed by atoms with Crippen molar-refractivity contribution in [3.8, 4) is 62.1 Å². The first-order valence-corrected chi connectivity index (χ1v) is 23.0. The lowest BCUT2D eigenvalue weighted by atomic mass is 9.94. The molecule has 0 aliphatic carbocycles. The first-order chi connectivity index (χ1) is 33.7. The lowest BCUT2D eigenvalue weighted by Gasteiger charge is -2.17. The van der Waals surface area contributed by atoms with Crippen LogP contribution >= 0.6 is 0 Å². The van der Waals surface area contributed by atoms with Gasteiger partial charge < -0.3 is 8.98 Å². The largest absolute Gasteiger partial charge is 0.456 e. The third kappa shape index (κ3) is 6.14. The number of rotatable bonds is 6. The van der Waals surface area contributed by atoms with Crippen LogP contribution in [0, 0.1) is 0 Å². The Morgan fingerprint density at radius 3 is 1.72 bits per heavy atom. The van der Waals surface area contributed by atoms with Crippen LogP contribution < -0.4 is 0 Å². The number of aromatic nitrogens is 4. The molecule has 0 unspecified atom stereocenters. The fraction of sp³-hybridized carbons (Fsp3) is 0. The zero-order valence-electron chi connectivity index (χ0n) is 36.6. The van der Waals surface area contributed by atoms with E-state index in [0.717, 1.165) is 82.8 Å². The third-order valence-corrected chi connectivity index (χ3v) is 13.6. The Balaban J connectivity index is 1.05. The van der Waals surface area contributed by atoms with Crippen molar-refractivity contribution in [2.24, 2.45) is 0 Å². The lowest BCUT2D eigenvalue weighted by molar-refractivity contribution is 0.669. The van der Waals surface area contributed by atoms with Gasteiger partial charge in [-0.05, 0) is 110 Å². The summed E-state index contributed by atoms with van der Waals surface area (Å²) in [6, 6.07) is 81.9. The Kier molecular flexibility index (Phi) is 8.52. The smallest absolute Gasteiger partial charge is 0.164 e. The second-order valence-electron chi connectivity index (χ2n) is 17.6. The molecule has 14 rings (SSSR count). The summed E-state index contributed by atoms with van der Waals surface area (Å²) < 4.78 is 8.84. The quantitative estimate of drug-likeness (QED) is 0.167. The maximum Gasteiger partial charge on any atom is 0.164 e. The average molecular weight is 867 g/mol. The van der Waals surface area contributed by atoms with Crippen LogP contribution in [0.15, 0.2) is 235 Å². The fourth-order valence-corrected chi connectivity index (χ4v) is 10.3. The number of hydrogen-bond acceptors (Lipinski definition) is 4. The highest BCUT2D eigenvalue weighted by molar-refractivity contribution is 6.24. The number of benzene rings is 11. The molecule has 0 spiro atoms. The van der Waals surface area contributed by atoms with Crippen molar-refractivity contribution in [1.29, 1.82) is 0 Å². The van der Waals surface area contributed by atoms with Crippen molar-refractivity contribution in [3.63, 3.8) is 0 Å².